The molecule has 5 nitrogen and oxygen atoms in total. The van der Waals surface area contributed by atoms with Gasteiger partial charge in [-0.1, -0.05) is 38.2 Å². The predicted octanol–water partition coefficient (Wildman–Crippen LogP) is 3.84. The van der Waals surface area contributed by atoms with E-state index in [2.05, 4.69) is 5.32 Å². The molecule has 0 bridgehead atoms. The minimum absolute atomic E-state index is 0.0777. The number of carbonyl (C=O) groups is 2. The average Bonchev–Trinajstić information content (AvgIpc) is 2.65. The quantitative estimate of drug-likeness (QED) is 0.778. The van der Waals surface area contributed by atoms with E-state index in [1.54, 1.807) is 18.1 Å². The van der Waals surface area contributed by atoms with Crippen molar-refractivity contribution in [2.24, 2.45) is 5.92 Å². The van der Waals surface area contributed by atoms with Crippen LogP contribution < -0.4 is 10.1 Å². The Hall–Kier alpha value is -2.04. The van der Waals surface area contributed by atoms with Crippen molar-refractivity contribution < 1.29 is 14.3 Å². The molecular weight excluding hydrogens is 316 g/mol. The number of benzene rings is 1. The smallest absolute Gasteiger partial charge is 0.243 e. The number of methoxy groups -OCH3 is 1. The molecule has 0 radical (unpaired) electrons. The molecule has 0 spiro atoms. The third-order valence-corrected chi connectivity index (χ3v) is 4.91. The fraction of sp³-hybridized carbons (Fsp3) is 0.600. The molecule has 25 heavy (non-hydrogen) atoms. The molecule has 0 heterocycles. The number of rotatable bonds is 8. The van der Waals surface area contributed by atoms with E-state index in [1.807, 2.05) is 25.1 Å². The summed E-state index contributed by atoms with van der Waals surface area (Å²) in [4.78, 5) is 26.3. The van der Waals surface area contributed by atoms with E-state index in [9.17, 15) is 9.59 Å². The Morgan fingerprint density at radius 1 is 1.24 bits per heavy atom. The molecule has 1 saturated carbocycles. The molecule has 1 fully saturated rings. The zero-order chi connectivity index (χ0) is 18.1. The van der Waals surface area contributed by atoms with Crippen molar-refractivity contribution in [1.29, 1.82) is 0 Å². The van der Waals surface area contributed by atoms with Crippen molar-refractivity contribution in [2.45, 2.75) is 51.9 Å². The standard InChI is InChI=1S/C20H30N2O3/c1-3-22(20(24)13-12-16-8-5-4-6-9-16)15-19(23)21-17-10-7-11-18(14-17)25-2/h7,10-11,14,16H,3-6,8-9,12-13,15H2,1-2H3,(H,21,23). The van der Waals surface area contributed by atoms with Gasteiger partial charge in [0.2, 0.25) is 11.8 Å². The lowest BCUT2D eigenvalue weighted by molar-refractivity contribution is -0.134. The summed E-state index contributed by atoms with van der Waals surface area (Å²) in [6.45, 7) is 2.56. The van der Waals surface area contributed by atoms with Gasteiger partial charge in [-0.3, -0.25) is 9.59 Å². The summed E-state index contributed by atoms with van der Waals surface area (Å²) in [5.74, 6) is 1.27. The van der Waals surface area contributed by atoms with E-state index < -0.39 is 0 Å². The highest BCUT2D eigenvalue weighted by Gasteiger charge is 2.19. The number of hydrogen-bond acceptors (Lipinski definition) is 3. The fourth-order valence-corrected chi connectivity index (χ4v) is 3.41. The van der Waals surface area contributed by atoms with Gasteiger partial charge in [-0.05, 0) is 31.4 Å². The van der Waals surface area contributed by atoms with Crippen molar-refractivity contribution in [3.8, 4) is 5.75 Å². The first kappa shape index (κ1) is 19.3. The van der Waals surface area contributed by atoms with Gasteiger partial charge in [0.1, 0.15) is 5.75 Å². The highest BCUT2D eigenvalue weighted by Crippen LogP contribution is 2.27. The molecule has 0 saturated heterocycles. The predicted molar refractivity (Wildman–Crippen MR) is 99.7 cm³/mol. The van der Waals surface area contributed by atoms with E-state index in [-0.39, 0.29) is 18.4 Å². The van der Waals surface area contributed by atoms with Gasteiger partial charge in [0.05, 0.1) is 13.7 Å². The molecule has 1 aliphatic rings. The molecule has 138 valence electrons. The largest absolute Gasteiger partial charge is 0.497 e. The molecule has 2 rings (SSSR count). The van der Waals surface area contributed by atoms with Gasteiger partial charge in [-0.15, -0.1) is 0 Å². The Morgan fingerprint density at radius 3 is 2.68 bits per heavy atom. The second kappa shape index (κ2) is 10.1. The van der Waals surface area contributed by atoms with E-state index in [0.29, 0.717) is 30.3 Å². The number of amides is 2. The van der Waals surface area contributed by atoms with E-state index in [4.69, 9.17) is 4.74 Å². The maximum absolute atomic E-state index is 12.4. The maximum Gasteiger partial charge on any atom is 0.243 e. The number of nitrogens with one attached hydrogen (secondary N) is 1. The van der Waals surface area contributed by atoms with Gasteiger partial charge in [-0.25, -0.2) is 0 Å². The normalized spacial score (nSPS) is 14.8. The molecular formula is C20H30N2O3. The average molecular weight is 346 g/mol. The van der Waals surface area contributed by atoms with E-state index >= 15 is 0 Å². The van der Waals surface area contributed by atoms with Crippen LogP contribution in [0.5, 0.6) is 5.75 Å². The first-order valence-electron chi connectivity index (χ1n) is 9.34. The molecule has 1 aliphatic carbocycles. The van der Waals surface area contributed by atoms with Gasteiger partial charge in [-0.2, -0.15) is 0 Å². The number of ether oxygens (including phenoxy) is 1. The van der Waals surface area contributed by atoms with Crippen LogP contribution >= 0.6 is 0 Å². The summed E-state index contributed by atoms with van der Waals surface area (Å²) < 4.78 is 5.15. The summed E-state index contributed by atoms with van der Waals surface area (Å²) in [6.07, 6.45) is 7.90. The number of nitrogens with zero attached hydrogens (tertiary/aromatic N) is 1. The van der Waals surface area contributed by atoms with Gasteiger partial charge < -0.3 is 15.0 Å². The Morgan fingerprint density at radius 2 is 2.00 bits per heavy atom. The summed E-state index contributed by atoms with van der Waals surface area (Å²) in [7, 11) is 1.59. The van der Waals surface area contributed by atoms with E-state index in [0.717, 1.165) is 6.42 Å². The molecule has 0 atom stereocenters. The maximum atomic E-state index is 12.4. The Balaban J connectivity index is 1.80. The molecule has 0 aromatic heterocycles. The van der Waals surface area contributed by atoms with Crippen LogP contribution in [0.2, 0.25) is 0 Å². The van der Waals surface area contributed by atoms with Crippen LogP contribution in [0.15, 0.2) is 24.3 Å². The summed E-state index contributed by atoms with van der Waals surface area (Å²) >= 11 is 0. The molecule has 0 unspecified atom stereocenters. The Bertz CT molecular complexity index is 568. The second-order valence-corrected chi connectivity index (χ2v) is 6.73. The van der Waals surface area contributed by atoms with Crippen molar-refractivity contribution in [2.75, 3.05) is 25.5 Å². The first-order valence-corrected chi connectivity index (χ1v) is 9.34. The Labute approximate surface area is 150 Å². The minimum Gasteiger partial charge on any atom is -0.497 e. The zero-order valence-corrected chi connectivity index (χ0v) is 15.4. The fourth-order valence-electron chi connectivity index (χ4n) is 3.41. The molecule has 0 aliphatic heterocycles. The van der Waals surface area contributed by atoms with Crippen molar-refractivity contribution >= 4 is 17.5 Å². The van der Waals surface area contributed by atoms with Crippen LogP contribution in [0.3, 0.4) is 0 Å². The minimum atomic E-state index is -0.180. The molecule has 1 aromatic carbocycles. The second-order valence-electron chi connectivity index (χ2n) is 6.73. The lowest BCUT2D eigenvalue weighted by Crippen LogP contribution is -2.38. The van der Waals surface area contributed by atoms with Gasteiger partial charge in [0.25, 0.3) is 0 Å². The number of anilines is 1. The van der Waals surface area contributed by atoms with Crippen LogP contribution in [-0.4, -0.2) is 36.9 Å². The number of carbonyl (C=O) groups excluding carboxylic acids is 2. The number of hydrogen-bond donors (Lipinski definition) is 1. The van der Waals surface area contributed by atoms with Crippen molar-refractivity contribution in [3.63, 3.8) is 0 Å². The monoisotopic (exact) mass is 346 g/mol. The summed E-state index contributed by atoms with van der Waals surface area (Å²) in [5.41, 5.74) is 0.676. The SMILES string of the molecule is CCN(CC(=O)Nc1cccc(OC)c1)C(=O)CCC1CCCCC1. The molecule has 1 aromatic rings. The highest BCUT2D eigenvalue weighted by molar-refractivity contribution is 5.94. The first-order chi connectivity index (χ1) is 12.1. The highest BCUT2D eigenvalue weighted by atomic mass is 16.5. The van der Waals surface area contributed by atoms with Crippen molar-refractivity contribution in [1.82, 2.24) is 4.90 Å². The topological polar surface area (TPSA) is 58.6 Å². The zero-order valence-electron chi connectivity index (χ0n) is 15.4. The summed E-state index contributed by atoms with van der Waals surface area (Å²) in [6, 6.07) is 7.21. The van der Waals surface area contributed by atoms with E-state index in [1.165, 1.54) is 32.1 Å². The van der Waals surface area contributed by atoms with Crippen LogP contribution in [0.25, 0.3) is 0 Å². The Kier molecular flexibility index (Phi) is 7.76. The van der Waals surface area contributed by atoms with Gasteiger partial charge in [0, 0.05) is 24.7 Å². The van der Waals surface area contributed by atoms with Crippen LogP contribution in [0.4, 0.5) is 5.69 Å². The number of likely N-dealkylation sites (N-methyl/N-ethyl adjacent to an activating group) is 1. The lowest BCUT2D eigenvalue weighted by Gasteiger charge is -2.24. The van der Waals surface area contributed by atoms with Crippen molar-refractivity contribution in [3.05, 3.63) is 24.3 Å². The molecule has 1 N–H and O–H groups in total. The third-order valence-electron chi connectivity index (χ3n) is 4.91. The van der Waals surface area contributed by atoms with Crippen LogP contribution in [0.1, 0.15) is 51.9 Å². The third kappa shape index (κ3) is 6.40. The van der Waals surface area contributed by atoms with Gasteiger partial charge in [0.15, 0.2) is 0 Å². The van der Waals surface area contributed by atoms with Crippen LogP contribution in [-0.2, 0) is 9.59 Å². The van der Waals surface area contributed by atoms with Crippen LogP contribution in [0, 0.1) is 5.92 Å². The summed E-state index contributed by atoms with van der Waals surface area (Å²) in [5, 5.41) is 2.83. The lowest BCUT2D eigenvalue weighted by atomic mass is 9.86. The molecule has 2 amide bonds. The molecule has 5 heteroatoms. The van der Waals surface area contributed by atoms with Gasteiger partial charge >= 0.3 is 0 Å².